The first-order valence-electron chi connectivity index (χ1n) is 9.93. The third kappa shape index (κ3) is 4.64. The highest BCUT2D eigenvalue weighted by atomic mass is 32.1. The average Bonchev–Trinajstić information content (AvgIpc) is 3.24. The van der Waals surface area contributed by atoms with Crippen LogP contribution in [0.25, 0.3) is 0 Å². The van der Waals surface area contributed by atoms with Crippen LogP contribution in [0.4, 0.5) is 5.82 Å². The molecule has 27 heavy (non-hydrogen) atoms. The van der Waals surface area contributed by atoms with Gasteiger partial charge in [-0.15, -0.1) is 11.3 Å². The second-order valence-corrected chi connectivity index (χ2v) is 8.39. The summed E-state index contributed by atoms with van der Waals surface area (Å²) in [5.74, 6) is 1.59. The van der Waals surface area contributed by atoms with Crippen molar-refractivity contribution in [1.82, 2.24) is 15.0 Å². The summed E-state index contributed by atoms with van der Waals surface area (Å²) in [5, 5.41) is 2.97. The molecule has 144 valence electrons. The largest absolute Gasteiger partial charge is 0.461 e. The quantitative estimate of drug-likeness (QED) is 0.722. The van der Waals surface area contributed by atoms with Gasteiger partial charge in [-0.25, -0.2) is 14.8 Å². The van der Waals surface area contributed by atoms with E-state index in [2.05, 4.69) is 19.9 Å². The number of hydrogen-bond donors (Lipinski definition) is 0. The Labute approximate surface area is 164 Å². The van der Waals surface area contributed by atoms with E-state index in [1.165, 1.54) is 32.1 Å². The molecule has 1 aliphatic heterocycles. The van der Waals surface area contributed by atoms with Crippen molar-refractivity contribution in [1.29, 1.82) is 0 Å². The van der Waals surface area contributed by atoms with E-state index >= 15 is 0 Å². The first-order valence-corrected chi connectivity index (χ1v) is 10.8. The molecule has 0 amide bonds. The van der Waals surface area contributed by atoms with Crippen LogP contribution in [0.2, 0.25) is 0 Å². The van der Waals surface area contributed by atoms with Gasteiger partial charge in [0.2, 0.25) is 0 Å². The van der Waals surface area contributed by atoms with Crippen LogP contribution < -0.4 is 4.90 Å². The molecule has 6 nitrogen and oxygen atoms in total. The van der Waals surface area contributed by atoms with Gasteiger partial charge in [0.05, 0.1) is 17.8 Å². The zero-order valence-electron chi connectivity index (χ0n) is 15.5. The fraction of sp³-hybridized carbons (Fsp3) is 0.600. The number of piperidine rings is 1. The van der Waals surface area contributed by atoms with Gasteiger partial charge in [-0.3, -0.25) is 4.98 Å². The summed E-state index contributed by atoms with van der Waals surface area (Å²) in [6.45, 7) is 2.32. The zero-order chi connectivity index (χ0) is 18.5. The van der Waals surface area contributed by atoms with Gasteiger partial charge in [0.1, 0.15) is 5.82 Å². The molecule has 0 N–H and O–H groups in total. The fourth-order valence-electron chi connectivity index (χ4n) is 3.97. The predicted molar refractivity (Wildman–Crippen MR) is 105 cm³/mol. The number of anilines is 1. The SMILES string of the molecule is O=C(OCC1CCN(c2cnccn2)CC1)c1csc(C2CCCCC2)n1. The van der Waals surface area contributed by atoms with Crippen LogP contribution in [-0.4, -0.2) is 40.6 Å². The number of carbonyl (C=O) groups is 1. The Morgan fingerprint density at radius 3 is 2.70 bits per heavy atom. The molecule has 2 aliphatic rings. The second-order valence-electron chi connectivity index (χ2n) is 7.50. The highest BCUT2D eigenvalue weighted by Crippen LogP contribution is 2.34. The lowest BCUT2D eigenvalue weighted by Gasteiger charge is -2.32. The third-order valence-corrected chi connectivity index (χ3v) is 6.63. The van der Waals surface area contributed by atoms with Crippen LogP contribution in [0.15, 0.2) is 24.0 Å². The molecule has 2 aromatic heterocycles. The molecule has 0 bridgehead atoms. The van der Waals surface area contributed by atoms with Crippen LogP contribution in [0, 0.1) is 5.92 Å². The summed E-state index contributed by atoms with van der Waals surface area (Å²) in [4.78, 5) is 27.7. The molecule has 0 aromatic carbocycles. The van der Waals surface area contributed by atoms with Crippen molar-refractivity contribution in [3.05, 3.63) is 34.7 Å². The molecule has 4 rings (SSSR count). The molecular weight excluding hydrogens is 360 g/mol. The van der Waals surface area contributed by atoms with Crippen molar-refractivity contribution in [2.75, 3.05) is 24.6 Å². The smallest absolute Gasteiger partial charge is 0.357 e. The number of rotatable bonds is 5. The van der Waals surface area contributed by atoms with E-state index in [1.54, 1.807) is 29.9 Å². The standard InChI is InChI=1S/C20H26N4O2S/c25-20(17-14-27-19(23-17)16-4-2-1-3-5-16)26-13-15-6-10-24(11-7-15)18-12-21-8-9-22-18/h8-9,12,14-16H,1-7,10-11,13H2. The van der Waals surface area contributed by atoms with Gasteiger partial charge >= 0.3 is 5.97 Å². The summed E-state index contributed by atoms with van der Waals surface area (Å²) in [7, 11) is 0. The Morgan fingerprint density at radius 2 is 1.96 bits per heavy atom. The fourth-order valence-corrected chi connectivity index (χ4v) is 4.93. The Kier molecular flexibility index (Phi) is 5.97. The lowest BCUT2D eigenvalue weighted by Crippen LogP contribution is -2.36. The highest BCUT2D eigenvalue weighted by Gasteiger charge is 2.24. The van der Waals surface area contributed by atoms with E-state index in [0.29, 0.717) is 24.1 Å². The van der Waals surface area contributed by atoms with Gasteiger partial charge in [-0.05, 0) is 31.6 Å². The molecule has 0 atom stereocenters. The first-order chi connectivity index (χ1) is 13.3. The molecule has 1 aliphatic carbocycles. The number of hydrogen-bond acceptors (Lipinski definition) is 7. The maximum Gasteiger partial charge on any atom is 0.357 e. The van der Waals surface area contributed by atoms with E-state index < -0.39 is 0 Å². The van der Waals surface area contributed by atoms with Crippen LogP contribution in [0.5, 0.6) is 0 Å². The monoisotopic (exact) mass is 386 g/mol. The number of esters is 1. The highest BCUT2D eigenvalue weighted by molar-refractivity contribution is 7.09. The second kappa shape index (κ2) is 8.78. The molecule has 0 spiro atoms. The van der Waals surface area contributed by atoms with Crippen molar-refractivity contribution in [2.45, 2.75) is 50.9 Å². The van der Waals surface area contributed by atoms with Crippen molar-refractivity contribution < 1.29 is 9.53 Å². The number of aromatic nitrogens is 3. The molecule has 3 heterocycles. The maximum absolute atomic E-state index is 12.4. The van der Waals surface area contributed by atoms with Gasteiger partial charge in [0.25, 0.3) is 0 Å². The van der Waals surface area contributed by atoms with E-state index in [-0.39, 0.29) is 5.97 Å². The topological polar surface area (TPSA) is 68.2 Å². The van der Waals surface area contributed by atoms with E-state index in [4.69, 9.17) is 4.74 Å². The number of thiazole rings is 1. The lowest BCUT2D eigenvalue weighted by molar-refractivity contribution is 0.0414. The van der Waals surface area contributed by atoms with Crippen LogP contribution in [0.3, 0.4) is 0 Å². The minimum Gasteiger partial charge on any atom is -0.461 e. The van der Waals surface area contributed by atoms with Gasteiger partial charge in [-0.2, -0.15) is 0 Å². The van der Waals surface area contributed by atoms with Gasteiger partial charge in [0, 0.05) is 36.8 Å². The maximum atomic E-state index is 12.4. The van der Waals surface area contributed by atoms with Gasteiger partial charge in [-0.1, -0.05) is 19.3 Å². The lowest BCUT2D eigenvalue weighted by atomic mass is 9.90. The zero-order valence-corrected chi connectivity index (χ0v) is 16.4. The van der Waals surface area contributed by atoms with Gasteiger partial charge < -0.3 is 9.64 Å². The predicted octanol–water partition coefficient (Wildman–Crippen LogP) is 4.05. The Morgan fingerprint density at radius 1 is 1.15 bits per heavy atom. The van der Waals surface area contributed by atoms with E-state index in [1.807, 2.05) is 5.38 Å². The normalized spacial score (nSPS) is 19.2. The summed E-state index contributed by atoms with van der Waals surface area (Å²) in [5.41, 5.74) is 0.484. The molecule has 1 saturated carbocycles. The number of nitrogens with zero attached hydrogens (tertiary/aromatic N) is 4. The molecule has 0 unspecified atom stereocenters. The summed E-state index contributed by atoms with van der Waals surface area (Å²) < 4.78 is 5.57. The summed E-state index contributed by atoms with van der Waals surface area (Å²) >= 11 is 1.61. The average molecular weight is 387 g/mol. The Hall–Kier alpha value is -2.02. The molecule has 2 fully saturated rings. The Bertz CT molecular complexity index is 737. The molecule has 1 saturated heterocycles. The van der Waals surface area contributed by atoms with Gasteiger partial charge in [0.15, 0.2) is 5.69 Å². The van der Waals surface area contributed by atoms with Crippen molar-refractivity contribution in [2.24, 2.45) is 5.92 Å². The van der Waals surface area contributed by atoms with E-state index in [9.17, 15) is 4.79 Å². The first kappa shape index (κ1) is 18.3. The van der Waals surface area contributed by atoms with Crippen LogP contribution >= 0.6 is 11.3 Å². The Balaban J connectivity index is 1.23. The number of ether oxygens (including phenoxy) is 1. The molecule has 2 aromatic rings. The van der Waals surface area contributed by atoms with Crippen LogP contribution in [0.1, 0.15) is 66.4 Å². The summed E-state index contributed by atoms with van der Waals surface area (Å²) in [6, 6.07) is 0. The molecule has 0 radical (unpaired) electrons. The van der Waals surface area contributed by atoms with Crippen LogP contribution in [-0.2, 0) is 4.74 Å². The van der Waals surface area contributed by atoms with E-state index in [0.717, 1.165) is 36.8 Å². The third-order valence-electron chi connectivity index (χ3n) is 5.62. The molecule has 7 heteroatoms. The van der Waals surface area contributed by atoms with Crippen molar-refractivity contribution in [3.8, 4) is 0 Å². The minimum absolute atomic E-state index is 0.273. The summed E-state index contributed by atoms with van der Waals surface area (Å²) in [6.07, 6.45) is 13.5. The van der Waals surface area contributed by atoms with Crippen molar-refractivity contribution >= 4 is 23.1 Å². The molecular formula is C20H26N4O2S. The van der Waals surface area contributed by atoms with Crippen molar-refractivity contribution in [3.63, 3.8) is 0 Å². The number of carbonyl (C=O) groups excluding carboxylic acids is 1. The minimum atomic E-state index is -0.273.